The van der Waals surface area contributed by atoms with Crippen LogP contribution >= 0.6 is 0 Å². The summed E-state index contributed by atoms with van der Waals surface area (Å²) in [5, 5.41) is 0. The van der Waals surface area contributed by atoms with Crippen molar-refractivity contribution in [1.29, 1.82) is 0 Å². The summed E-state index contributed by atoms with van der Waals surface area (Å²) in [5.74, 6) is -0.555. The average Bonchev–Trinajstić information content (AvgIpc) is 2.49. The summed E-state index contributed by atoms with van der Waals surface area (Å²) in [4.78, 5) is 22.7. The second-order valence-electron chi connectivity index (χ2n) is 4.15. The molecule has 0 atom stereocenters. The van der Waals surface area contributed by atoms with Crippen LogP contribution in [-0.2, 0) is 0 Å². The van der Waals surface area contributed by atoms with Crippen LogP contribution in [0.1, 0.15) is 27.6 Å². The van der Waals surface area contributed by atoms with E-state index < -0.39 is 11.8 Å². The van der Waals surface area contributed by atoms with Gasteiger partial charge in [0.25, 0.3) is 0 Å². The lowest BCUT2D eigenvalue weighted by Crippen LogP contribution is -2.09. The molecule has 0 fully saturated rings. The van der Waals surface area contributed by atoms with Crippen molar-refractivity contribution in [1.82, 2.24) is 0 Å². The summed E-state index contributed by atoms with van der Waals surface area (Å²) in [6.07, 6.45) is 0.675. The van der Waals surface area contributed by atoms with Crippen molar-refractivity contribution in [2.45, 2.75) is 6.92 Å². The third-order valence-electron chi connectivity index (χ3n) is 2.69. The van der Waals surface area contributed by atoms with E-state index in [0.717, 1.165) is 0 Å². The van der Waals surface area contributed by atoms with E-state index >= 15 is 0 Å². The van der Waals surface area contributed by atoms with Crippen molar-refractivity contribution >= 4 is 12.3 Å². The van der Waals surface area contributed by atoms with Gasteiger partial charge in [0.1, 0.15) is 12.1 Å². The minimum absolute atomic E-state index is 0.205. The smallest absolute Gasteiger partial charge is 0.343 e. The van der Waals surface area contributed by atoms with Crippen LogP contribution in [0.15, 0.2) is 42.5 Å². The fraction of sp³-hybridized carbons (Fsp3) is 0.125. The average molecular weight is 288 g/mol. The molecule has 0 saturated carbocycles. The van der Waals surface area contributed by atoms with Crippen molar-refractivity contribution < 1.29 is 23.5 Å². The number of hydrogen-bond donors (Lipinski definition) is 0. The van der Waals surface area contributed by atoms with Gasteiger partial charge in [-0.1, -0.05) is 0 Å². The van der Waals surface area contributed by atoms with Gasteiger partial charge in [0.05, 0.1) is 12.2 Å². The number of carbonyl (C=O) groups excluding carboxylic acids is 2. The van der Waals surface area contributed by atoms with E-state index in [4.69, 9.17) is 9.47 Å². The highest BCUT2D eigenvalue weighted by atomic mass is 19.1. The third-order valence-corrected chi connectivity index (χ3v) is 2.69. The summed E-state index contributed by atoms with van der Waals surface area (Å²) in [6, 6.07) is 9.50. The molecule has 0 aromatic heterocycles. The van der Waals surface area contributed by atoms with Crippen LogP contribution in [0, 0.1) is 5.82 Å². The number of esters is 1. The van der Waals surface area contributed by atoms with Crippen molar-refractivity contribution in [3.8, 4) is 11.5 Å². The highest BCUT2D eigenvalue weighted by molar-refractivity contribution is 5.91. The first-order chi connectivity index (χ1) is 10.1. The van der Waals surface area contributed by atoms with Gasteiger partial charge in [0.2, 0.25) is 0 Å². The van der Waals surface area contributed by atoms with Crippen LogP contribution in [0.25, 0.3) is 0 Å². The van der Waals surface area contributed by atoms with E-state index in [1.54, 1.807) is 6.92 Å². The zero-order chi connectivity index (χ0) is 15.2. The standard InChI is InChI=1S/C16H13FO4/c1-2-20-15-9-11(10-18)3-8-14(15)21-16(19)12-4-6-13(17)7-5-12/h3-10H,2H2,1H3. The Kier molecular flexibility index (Phi) is 4.66. The number of ether oxygens (including phenoxy) is 2. The molecule has 0 amide bonds. The van der Waals surface area contributed by atoms with Gasteiger partial charge in [0.15, 0.2) is 11.5 Å². The van der Waals surface area contributed by atoms with Gasteiger partial charge >= 0.3 is 5.97 Å². The van der Waals surface area contributed by atoms with Crippen LogP contribution < -0.4 is 9.47 Å². The van der Waals surface area contributed by atoms with Gasteiger partial charge in [0, 0.05) is 5.56 Å². The van der Waals surface area contributed by atoms with Gasteiger partial charge in [-0.3, -0.25) is 4.79 Å². The first-order valence-electron chi connectivity index (χ1n) is 6.34. The molecule has 0 spiro atoms. The molecule has 0 saturated heterocycles. The number of halogens is 1. The van der Waals surface area contributed by atoms with E-state index in [1.165, 1.54) is 42.5 Å². The number of aldehydes is 1. The molecule has 0 bridgehead atoms. The maximum absolute atomic E-state index is 12.8. The number of benzene rings is 2. The maximum atomic E-state index is 12.8. The normalized spacial score (nSPS) is 10.0. The summed E-state index contributed by atoms with van der Waals surface area (Å²) < 4.78 is 23.4. The maximum Gasteiger partial charge on any atom is 0.343 e. The number of carbonyl (C=O) groups is 2. The Balaban J connectivity index is 2.23. The molecule has 2 aromatic carbocycles. The Morgan fingerprint density at radius 2 is 1.86 bits per heavy atom. The minimum atomic E-state index is -0.630. The first-order valence-corrected chi connectivity index (χ1v) is 6.34. The summed E-state index contributed by atoms with van der Waals surface area (Å²) >= 11 is 0. The van der Waals surface area contributed by atoms with Crippen molar-refractivity contribution in [3.05, 3.63) is 59.4 Å². The Morgan fingerprint density at radius 1 is 1.14 bits per heavy atom. The topological polar surface area (TPSA) is 52.6 Å². The van der Waals surface area contributed by atoms with Crippen molar-refractivity contribution in [3.63, 3.8) is 0 Å². The predicted octanol–water partition coefficient (Wildman–Crippen LogP) is 3.26. The lowest BCUT2D eigenvalue weighted by atomic mass is 10.2. The number of rotatable bonds is 5. The summed E-state index contributed by atoms with van der Waals surface area (Å²) in [6.45, 7) is 2.14. The molecule has 0 unspecified atom stereocenters. The molecule has 0 aliphatic rings. The van der Waals surface area contributed by atoms with Gasteiger partial charge in [-0.15, -0.1) is 0 Å². The van der Waals surface area contributed by atoms with Crippen LogP contribution in [0.3, 0.4) is 0 Å². The molecule has 0 aliphatic carbocycles. The largest absolute Gasteiger partial charge is 0.490 e. The second kappa shape index (κ2) is 6.65. The van der Waals surface area contributed by atoms with Crippen molar-refractivity contribution in [2.24, 2.45) is 0 Å². The molecule has 0 heterocycles. The monoisotopic (exact) mass is 288 g/mol. The Labute approximate surface area is 121 Å². The molecule has 4 nitrogen and oxygen atoms in total. The lowest BCUT2D eigenvalue weighted by molar-refractivity contribution is 0.0728. The molecular formula is C16H13FO4. The Hall–Kier alpha value is -2.69. The fourth-order valence-electron chi connectivity index (χ4n) is 1.70. The van der Waals surface area contributed by atoms with Crippen LogP contribution in [0.2, 0.25) is 0 Å². The van der Waals surface area contributed by atoms with Gasteiger partial charge in [-0.25, -0.2) is 9.18 Å². The van der Waals surface area contributed by atoms with Crippen molar-refractivity contribution in [2.75, 3.05) is 6.61 Å². The first kappa shape index (κ1) is 14.7. The number of hydrogen-bond acceptors (Lipinski definition) is 4. The van der Waals surface area contributed by atoms with Crippen LogP contribution in [0.5, 0.6) is 11.5 Å². The SMILES string of the molecule is CCOc1cc(C=O)ccc1OC(=O)c1ccc(F)cc1. The highest BCUT2D eigenvalue weighted by Crippen LogP contribution is 2.28. The van der Waals surface area contributed by atoms with E-state index in [9.17, 15) is 14.0 Å². The molecule has 2 rings (SSSR count). The molecule has 108 valence electrons. The second-order valence-corrected chi connectivity index (χ2v) is 4.15. The lowest BCUT2D eigenvalue weighted by Gasteiger charge is -2.11. The minimum Gasteiger partial charge on any atom is -0.490 e. The summed E-state index contributed by atoms with van der Waals surface area (Å²) in [7, 11) is 0. The van der Waals surface area contributed by atoms with E-state index in [-0.39, 0.29) is 11.3 Å². The van der Waals surface area contributed by atoms with Gasteiger partial charge < -0.3 is 9.47 Å². The molecule has 0 aliphatic heterocycles. The Bertz CT molecular complexity index is 650. The molecule has 0 N–H and O–H groups in total. The quantitative estimate of drug-likeness (QED) is 0.481. The van der Waals surface area contributed by atoms with E-state index in [0.29, 0.717) is 24.2 Å². The third kappa shape index (κ3) is 3.66. The van der Waals surface area contributed by atoms with E-state index in [1.807, 2.05) is 0 Å². The van der Waals surface area contributed by atoms with E-state index in [2.05, 4.69) is 0 Å². The fourth-order valence-corrected chi connectivity index (χ4v) is 1.70. The van der Waals surface area contributed by atoms with Crippen LogP contribution in [-0.4, -0.2) is 18.9 Å². The zero-order valence-corrected chi connectivity index (χ0v) is 11.3. The zero-order valence-electron chi connectivity index (χ0n) is 11.3. The summed E-state index contributed by atoms with van der Waals surface area (Å²) in [5.41, 5.74) is 0.637. The molecule has 2 aromatic rings. The van der Waals surface area contributed by atoms with Gasteiger partial charge in [-0.2, -0.15) is 0 Å². The predicted molar refractivity (Wildman–Crippen MR) is 74.4 cm³/mol. The van der Waals surface area contributed by atoms with Gasteiger partial charge in [-0.05, 0) is 49.4 Å². The molecular weight excluding hydrogens is 275 g/mol. The molecule has 0 radical (unpaired) electrons. The Morgan fingerprint density at radius 3 is 2.48 bits per heavy atom. The molecule has 21 heavy (non-hydrogen) atoms. The van der Waals surface area contributed by atoms with Crippen LogP contribution in [0.4, 0.5) is 4.39 Å². The molecule has 5 heteroatoms. The highest BCUT2D eigenvalue weighted by Gasteiger charge is 2.13.